The molecule has 1 saturated heterocycles. The molecule has 1 N–H and O–H groups in total. The van der Waals surface area contributed by atoms with Gasteiger partial charge in [0.15, 0.2) is 0 Å². The Labute approximate surface area is 87.1 Å². The Balaban J connectivity index is 2.23. The lowest BCUT2D eigenvalue weighted by Gasteiger charge is -2.24. The number of hydrogen-bond acceptors (Lipinski definition) is 2. The van der Waals surface area contributed by atoms with E-state index < -0.39 is 8.32 Å². The molecular formula is C11H20O2Si. The van der Waals surface area contributed by atoms with Crippen LogP contribution in [0.1, 0.15) is 25.7 Å². The quantitative estimate of drug-likeness (QED) is 0.675. The number of hydrogen-bond donors (Lipinski definition) is 1. The summed E-state index contributed by atoms with van der Waals surface area (Å²) in [6.07, 6.45) is 7.64. The molecule has 2 rings (SSSR count). The van der Waals surface area contributed by atoms with E-state index in [0.29, 0.717) is 12.0 Å². The minimum absolute atomic E-state index is 0.179. The summed E-state index contributed by atoms with van der Waals surface area (Å²) in [5.74, 6) is 0.637. The van der Waals surface area contributed by atoms with Gasteiger partial charge in [0.05, 0.1) is 12.7 Å². The molecule has 80 valence electrons. The Hall–Kier alpha value is -0.123. The van der Waals surface area contributed by atoms with Crippen molar-refractivity contribution in [2.24, 2.45) is 5.92 Å². The van der Waals surface area contributed by atoms with Crippen molar-refractivity contribution >= 4 is 8.32 Å². The van der Waals surface area contributed by atoms with Crippen LogP contribution in [0.2, 0.25) is 13.1 Å². The van der Waals surface area contributed by atoms with Crippen LogP contribution in [0.3, 0.4) is 0 Å². The largest absolute Gasteiger partial charge is 0.410 e. The summed E-state index contributed by atoms with van der Waals surface area (Å²) < 4.78 is 6.18. The lowest BCUT2D eigenvalue weighted by atomic mass is 9.86. The van der Waals surface area contributed by atoms with Gasteiger partial charge in [-0.25, -0.2) is 0 Å². The van der Waals surface area contributed by atoms with Gasteiger partial charge in [-0.1, -0.05) is 24.1 Å². The molecule has 2 fully saturated rings. The molecule has 2 nitrogen and oxygen atoms in total. The zero-order chi connectivity index (χ0) is 10.2. The molecule has 1 aliphatic carbocycles. The standard InChI is InChI=1S/C11H20O2Si/c1-14(2)11(7-8-12)9-5-3-4-6-10(9)13-14/h7,9-10,12H,3-6,8H2,1-2H3/b11-7+/t9-,10-/m1/s1. The molecular weight excluding hydrogens is 192 g/mol. The molecule has 2 atom stereocenters. The van der Waals surface area contributed by atoms with E-state index in [2.05, 4.69) is 13.1 Å². The van der Waals surface area contributed by atoms with E-state index in [4.69, 9.17) is 9.53 Å². The highest BCUT2D eigenvalue weighted by Gasteiger charge is 2.46. The van der Waals surface area contributed by atoms with Crippen molar-refractivity contribution in [1.29, 1.82) is 0 Å². The van der Waals surface area contributed by atoms with Crippen molar-refractivity contribution in [2.45, 2.75) is 44.9 Å². The summed E-state index contributed by atoms with van der Waals surface area (Å²) in [6.45, 7) is 4.69. The Kier molecular flexibility index (Phi) is 2.82. The lowest BCUT2D eigenvalue weighted by molar-refractivity contribution is 0.139. The maximum Gasteiger partial charge on any atom is 0.214 e. The van der Waals surface area contributed by atoms with E-state index in [0.717, 1.165) is 0 Å². The van der Waals surface area contributed by atoms with E-state index in [1.165, 1.54) is 30.9 Å². The molecule has 0 aromatic heterocycles. The van der Waals surface area contributed by atoms with Crippen molar-refractivity contribution < 1.29 is 9.53 Å². The lowest BCUT2D eigenvalue weighted by Crippen LogP contribution is -2.28. The number of rotatable bonds is 1. The molecule has 0 aromatic carbocycles. The maximum absolute atomic E-state index is 9.04. The summed E-state index contributed by atoms with van der Waals surface area (Å²) in [4.78, 5) is 0. The van der Waals surface area contributed by atoms with Gasteiger partial charge >= 0.3 is 0 Å². The molecule has 1 saturated carbocycles. The Bertz CT molecular complexity index is 248. The Morgan fingerprint density at radius 1 is 1.43 bits per heavy atom. The van der Waals surface area contributed by atoms with Crippen molar-refractivity contribution in [3.8, 4) is 0 Å². The van der Waals surface area contributed by atoms with Gasteiger partial charge in [0.1, 0.15) is 0 Å². The number of fused-ring (bicyclic) bond motifs is 1. The van der Waals surface area contributed by atoms with Gasteiger partial charge in [0, 0.05) is 5.92 Å². The van der Waals surface area contributed by atoms with Crippen molar-refractivity contribution in [2.75, 3.05) is 6.61 Å². The zero-order valence-electron chi connectivity index (χ0n) is 9.12. The van der Waals surface area contributed by atoms with Crippen LogP contribution in [0.4, 0.5) is 0 Å². The number of aliphatic hydroxyl groups is 1. The fraction of sp³-hybridized carbons (Fsp3) is 0.818. The van der Waals surface area contributed by atoms with Crippen molar-refractivity contribution in [1.82, 2.24) is 0 Å². The molecule has 2 aliphatic rings. The summed E-state index contributed by atoms with van der Waals surface area (Å²) >= 11 is 0. The third-order valence-corrected chi connectivity index (χ3v) is 6.41. The third kappa shape index (κ3) is 1.69. The second kappa shape index (κ2) is 3.80. The molecule has 1 heterocycles. The average Bonchev–Trinajstić information content (AvgIpc) is 2.39. The number of aliphatic hydroxyl groups excluding tert-OH is 1. The summed E-state index contributed by atoms with van der Waals surface area (Å²) in [6, 6.07) is 0. The van der Waals surface area contributed by atoms with Crippen LogP contribution in [0.5, 0.6) is 0 Å². The molecule has 0 radical (unpaired) electrons. The van der Waals surface area contributed by atoms with Crippen LogP contribution in [0.25, 0.3) is 0 Å². The van der Waals surface area contributed by atoms with Crippen molar-refractivity contribution in [3.05, 3.63) is 11.3 Å². The van der Waals surface area contributed by atoms with Gasteiger partial charge in [-0.3, -0.25) is 0 Å². The molecule has 3 heteroatoms. The van der Waals surface area contributed by atoms with Gasteiger partial charge in [0.2, 0.25) is 8.32 Å². The van der Waals surface area contributed by atoms with E-state index in [-0.39, 0.29) is 6.61 Å². The zero-order valence-corrected chi connectivity index (χ0v) is 10.1. The average molecular weight is 212 g/mol. The van der Waals surface area contributed by atoms with Crippen LogP contribution in [0.15, 0.2) is 11.3 Å². The Morgan fingerprint density at radius 3 is 2.86 bits per heavy atom. The maximum atomic E-state index is 9.04. The van der Waals surface area contributed by atoms with E-state index in [1.54, 1.807) is 0 Å². The highest BCUT2D eigenvalue weighted by molar-refractivity contribution is 6.79. The van der Waals surface area contributed by atoms with Crippen LogP contribution < -0.4 is 0 Å². The van der Waals surface area contributed by atoms with Gasteiger partial charge in [-0.15, -0.1) is 0 Å². The van der Waals surface area contributed by atoms with Gasteiger partial charge in [-0.05, 0) is 25.9 Å². The van der Waals surface area contributed by atoms with Crippen LogP contribution >= 0.6 is 0 Å². The van der Waals surface area contributed by atoms with Crippen LogP contribution in [-0.4, -0.2) is 26.1 Å². The first-order valence-electron chi connectivity index (χ1n) is 5.64. The first-order valence-corrected chi connectivity index (χ1v) is 8.55. The fourth-order valence-electron chi connectivity index (χ4n) is 2.98. The summed E-state index contributed by atoms with van der Waals surface area (Å²) in [7, 11) is -1.62. The van der Waals surface area contributed by atoms with E-state index >= 15 is 0 Å². The minimum atomic E-state index is -1.62. The first-order chi connectivity index (χ1) is 6.65. The normalized spacial score (nSPS) is 38.6. The molecule has 0 unspecified atom stereocenters. The van der Waals surface area contributed by atoms with Crippen LogP contribution in [-0.2, 0) is 4.43 Å². The molecule has 0 spiro atoms. The molecule has 0 aromatic rings. The van der Waals surface area contributed by atoms with E-state index in [9.17, 15) is 0 Å². The second-order valence-electron chi connectivity index (χ2n) is 4.90. The van der Waals surface area contributed by atoms with Gasteiger partial charge < -0.3 is 9.53 Å². The highest BCUT2D eigenvalue weighted by atomic mass is 28.4. The fourth-order valence-corrected chi connectivity index (χ4v) is 5.96. The molecule has 1 aliphatic heterocycles. The highest BCUT2D eigenvalue weighted by Crippen LogP contribution is 2.44. The Morgan fingerprint density at radius 2 is 2.14 bits per heavy atom. The smallest absolute Gasteiger partial charge is 0.214 e. The third-order valence-electron chi connectivity index (χ3n) is 3.55. The van der Waals surface area contributed by atoms with Crippen LogP contribution in [0, 0.1) is 5.92 Å². The van der Waals surface area contributed by atoms with Gasteiger partial charge in [0.25, 0.3) is 0 Å². The predicted molar refractivity (Wildman–Crippen MR) is 59.5 cm³/mol. The summed E-state index contributed by atoms with van der Waals surface area (Å²) in [5, 5.41) is 10.5. The molecule has 0 bridgehead atoms. The predicted octanol–water partition coefficient (Wildman–Crippen LogP) is 2.24. The second-order valence-corrected chi connectivity index (χ2v) is 8.73. The first kappa shape index (κ1) is 10.4. The van der Waals surface area contributed by atoms with Gasteiger partial charge in [-0.2, -0.15) is 0 Å². The topological polar surface area (TPSA) is 29.5 Å². The summed E-state index contributed by atoms with van der Waals surface area (Å²) in [5.41, 5.74) is 0. The monoisotopic (exact) mass is 212 g/mol. The molecule has 0 amide bonds. The van der Waals surface area contributed by atoms with E-state index in [1.807, 2.05) is 6.08 Å². The molecule has 14 heavy (non-hydrogen) atoms. The van der Waals surface area contributed by atoms with Crippen molar-refractivity contribution in [3.63, 3.8) is 0 Å². The SMILES string of the molecule is C[Si]1(C)O[C@@H]2CCCC[C@H]2/C1=C\CO. The minimum Gasteiger partial charge on any atom is -0.410 e.